The van der Waals surface area contributed by atoms with Gasteiger partial charge >= 0.3 is 6.18 Å². The Hall–Kier alpha value is -5.16. The van der Waals surface area contributed by atoms with Crippen molar-refractivity contribution in [3.63, 3.8) is 0 Å². The maximum atomic E-state index is 15.2. The number of carbonyl (C=O) groups excluding carboxylic acids is 3. The number of piperidine rings is 2. The lowest BCUT2D eigenvalue weighted by molar-refractivity contribution is -0.138. The van der Waals surface area contributed by atoms with Crippen molar-refractivity contribution in [1.82, 2.24) is 15.1 Å². The third-order valence-corrected chi connectivity index (χ3v) is 11.1. The minimum atomic E-state index is -4.62. The van der Waals surface area contributed by atoms with Crippen molar-refractivity contribution in [3.8, 4) is 11.8 Å². The lowest BCUT2D eigenvalue weighted by Crippen LogP contribution is -2.52. The van der Waals surface area contributed by atoms with Crippen molar-refractivity contribution in [1.29, 1.82) is 5.26 Å². The van der Waals surface area contributed by atoms with Crippen LogP contribution in [0.4, 0.5) is 28.9 Å². The molecule has 0 radical (unpaired) electrons. The van der Waals surface area contributed by atoms with Crippen LogP contribution in [0.1, 0.15) is 77.1 Å². The van der Waals surface area contributed by atoms with Crippen molar-refractivity contribution < 1.29 is 36.7 Å². The molecule has 3 aromatic rings. The summed E-state index contributed by atoms with van der Waals surface area (Å²) in [4.78, 5) is 45.1. The summed E-state index contributed by atoms with van der Waals surface area (Å²) in [7, 11) is 0. The molecule has 0 bridgehead atoms. The largest absolute Gasteiger partial charge is 0.493 e. The molecule has 1 N–H and O–H groups in total. The van der Waals surface area contributed by atoms with Crippen LogP contribution in [0, 0.1) is 17.1 Å². The maximum Gasteiger partial charge on any atom is 0.417 e. The quantitative estimate of drug-likeness (QED) is 0.157. The van der Waals surface area contributed by atoms with Crippen molar-refractivity contribution >= 4 is 29.1 Å². The molecular weight excluding hydrogens is 704 g/mol. The van der Waals surface area contributed by atoms with Crippen LogP contribution in [0.3, 0.4) is 0 Å². The number of ether oxygens (including phenoxy) is 1. The number of nitrogens with one attached hydrogen (secondary N) is 1. The van der Waals surface area contributed by atoms with Crippen LogP contribution in [-0.4, -0.2) is 86.0 Å². The highest BCUT2D eigenvalue weighted by molar-refractivity contribution is 6.05. The summed E-state index contributed by atoms with van der Waals surface area (Å²) in [5, 5.41) is 11.4. The number of rotatable bonds is 10. The lowest BCUT2D eigenvalue weighted by Gasteiger charge is -2.36. The minimum absolute atomic E-state index is 0.0570. The number of nitrogens with zero attached hydrogens (tertiary/aromatic N) is 5. The number of fused-ring (bicyclic) bond motifs is 1. The fourth-order valence-electron chi connectivity index (χ4n) is 8.05. The fourth-order valence-corrected chi connectivity index (χ4v) is 8.05. The molecule has 4 aliphatic rings. The van der Waals surface area contributed by atoms with Gasteiger partial charge in [0.15, 0.2) is 0 Å². The van der Waals surface area contributed by atoms with E-state index >= 15 is 4.39 Å². The van der Waals surface area contributed by atoms with Gasteiger partial charge in [0.1, 0.15) is 17.6 Å². The van der Waals surface area contributed by atoms with Crippen LogP contribution in [0.15, 0.2) is 54.6 Å². The molecule has 7 rings (SSSR count). The summed E-state index contributed by atoms with van der Waals surface area (Å²) in [5.74, 6) is -0.820. The van der Waals surface area contributed by atoms with Gasteiger partial charge in [0.05, 0.1) is 23.8 Å². The molecule has 3 aromatic carbocycles. The molecule has 0 aliphatic carbocycles. The number of amides is 3. The Morgan fingerprint density at radius 3 is 2.28 bits per heavy atom. The summed E-state index contributed by atoms with van der Waals surface area (Å²) in [6.07, 6.45) is -1.13. The fraction of sp³-hybridized carbons (Fsp3) is 0.450. The van der Waals surface area contributed by atoms with Crippen molar-refractivity contribution in [2.45, 2.75) is 63.2 Å². The predicted molar refractivity (Wildman–Crippen MR) is 193 cm³/mol. The molecule has 4 heterocycles. The predicted octanol–water partition coefficient (Wildman–Crippen LogP) is 5.84. The maximum absolute atomic E-state index is 15.2. The molecule has 284 valence electrons. The Bertz CT molecular complexity index is 1950. The zero-order valence-electron chi connectivity index (χ0n) is 29.8. The number of anilines is 2. The van der Waals surface area contributed by atoms with Crippen LogP contribution < -0.4 is 19.9 Å². The summed E-state index contributed by atoms with van der Waals surface area (Å²) in [6, 6.07) is 15.5. The van der Waals surface area contributed by atoms with Gasteiger partial charge in [0, 0.05) is 75.2 Å². The molecule has 0 saturated carbocycles. The van der Waals surface area contributed by atoms with E-state index in [0.29, 0.717) is 68.1 Å². The van der Waals surface area contributed by atoms with Gasteiger partial charge in [-0.25, -0.2) is 4.39 Å². The number of nitriles is 1. The number of hydrogen-bond donors (Lipinski definition) is 1. The molecule has 3 saturated heterocycles. The van der Waals surface area contributed by atoms with Gasteiger partial charge < -0.3 is 19.4 Å². The van der Waals surface area contributed by atoms with Gasteiger partial charge in [-0.3, -0.25) is 24.6 Å². The zero-order chi connectivity index (χ0) is 38.0. The topological polar surface area (TPSA) is 109 Å². The van der Waals surface area contributed by atoms with E-state index in [1.54, 1.807) is 23.1 Å². The third-order valence-electron chi connectivity index (χ3n) is 11.1. The second-order valence-electron chi connectivity index (χ2n) is 14.4. The first-order valence-electron chi connectivity index (χ1n) is 18.5. The van der Waals surface area contributed by atoms with Gasteiger partial charge in [-0.15, -0.1) is 0 Å². The zero-order valence-corrected chi connectivity index (χ0v) is 29.8. The smallest absolute Gasteiger partial charge is 0.417 e. The highest BCUT2D eigenvalue weighted by Gasteiger charge is 2.39. The standard InChI is InChI=1S/C40H42F4N6O4/c41-35-23-31(6-8-32(35)26-11-14-48(15-12-26)30-4-3-27(24-45)34(22-30)40(42,43)44)54-20-2-1-13-47-16-18-49(19-17-47)29-5-7-33-28(21-29)25-50(39(33)53)36-9-10-37(51)46-38(36)52/h3-8,21-23,26,36H,1-2,9-20,25H2,(H,46,51,52). The normalized spacial score (nSPS) is 19.9. The second-order valence-corrected chi connectivity index (χ2v) is 14.4. The summed E-state index contributed by atoms with van der Waals surface area (Å²) in [5.41, 5.74) is 2.20. The third kappa shape index (κ3) is 8.01. The van der Waals surface area contributed by atoms with Crippen molar-refractivity contribution in [3.05, 3.63) is 88.2 Å². The summed E-state index contributed by atoms with van der Waals surface area (Å²) in [6.45, 7) is 6.18. The van der Waals surface area contributed by atoms with Crippen LogP contribution >= 0.6 is 0 Å². The Morgan fingerprint density at radius 2 is 1.57 bits per heavy atom. The van der Waals surface area contributed by atoms with Crippen LogP contribution in [0.5, 0.6) is 5.75 Å². The molecule has 1 atom stereocenters. The van der Waals surface area contributed by atoms with E-state index in [4.69, 9.17) is 10.00 Å². The Balaban J connectivity index is 0.816. The van der Waals surface area contributed by atoms with E-state index in [1.807, 2.05) is 23.1 Å². The lowest BCUT2D eigenvalue weighted by atomic mass is 9.88. The average Bonchev–Trinajstić information content (AvgIpc) is 3.49. The summed E-state index contributed by atoms with van der Waals surface area (Å²) < 4.78 is 61.4. The first-order chi connectivity index (χ1) is 26.0. The van der Waals surface area contributed by atoms with Crippen molar-refractivity contribution in [2.75, 3.05) is 62.2 Å². The number of benzene rings is 3. The van der Waals surface area contributed by atoms with Crippen LogP contribution in [0.25, 0.3) is 0 Å². The Morgan fingerprint density at radius 1 is 0.852 bits per heavy atom. The van der Waals surface area contributed by atoms with E-state index < -0.39 is 29.3 Å². The van der Waals surface area contributed by atoms with E-state index in [0.717, 1.165) is 62.9 Å². The monoisotopic (exact) mass is 746 g/mol. The molecule has 3 fully saturated rings. The molecule has 3 amide bonds. The number of halogens is 4. The molecule has 1 unspecified atom stereocenters. The van der Waals surface area contributed by atoms with Gasteiger partial charge in [0.2, 0.25) is 11.8 Å². The molecule has 0 aromatic heterocycles. The van der Waals surface area contributed by atoms with E-state index in [-0.39, 0.29) is 30.0 Å². The Labute approximate surface area is 311 Å². The molecule has 4 aliphatic heterocycles. The first-order valence-corrected chi connectivity index (χ1v) is 18.5. The average molecular weight is 747 g/mol. The molecule has 0 spiro atoms. The summed E-state index contributed by atoms with van der Waals surface area (Å²) >= 11 is 0. The van der Waals surface area contributed by atoms with E-state index in [1.165, 1.54) is 18.2 Å². The number of piperazine rings is 1. The molecule has 54 heavy (non-hydrogen) atoms. The molecule has 10 nitrogen and oxygen atoms in total. The van der Waals surface area contributed by atoms with Gasteiger partial charge in [-0.05, 0) is 98.2 Å². The van der Waals surface area contributed by atoms with Gasteiger partial charge in [-0.1, -0.05) is 6.07 Å². The van der Waals surface area contributed by atoms with Crippen LogP contribution in [-0.2, 0) is 22.3 Å². The number of alkyl halides is 3. The SMILES string of the molecule is N#Cc1ccc(N2CCC(c3ccc(OCCCCN4CCN(c5ccc6c(c5)CN(C5CCC(=O)NC5=O)C6=O)CC4)cc3F)CC2)cc1C(F)(F)F. The van der Waals surface area contributed by atoms with Crippen LogP contribution in [0.2, 0.25) is 0 Å². The Kier molecular flexibility index (Phi) is 10.8. The van der Waals surface area contributed by atoms with Crippen molar-refractivity contribution in [2.24, 2.45) is 0 Å². The molecular formula is C40H42F4N6O4. The highest BCUT2D eigenvalue weighted by Crippen LogP contribution is 2.37. The number of hydrogen-bond acceptors (Lipinski definition) is 8. The number of carbonyl (C=O) groups is 3. The van der Waals surface area contributed by atoms with E-state index in [9.17, 15) is 27.6 Å². The van der Waals surface area contributed by atoms with E-state index in [2.05, 4.69) is 15.1 Å². The number of unbranched alkanes of at least 4 members (excludes halogenated alkanes) is 1. The minimum Gasteiger partial charge on any atom is -0.493 e. The molecule has 14 heteroatoms. The first kappa shape index (κ1) is 37.2. The highest BCUT2D eigenvalue weighted by atomic mass is 19.4. The van der Waals surface area contributed by atoms with Gasteiger partial charge in [0.25, 0.3) is 5.91 Å². The number of imide groups is 1. The van der Waals surface area contributed by atoms with Gasteiger partial charge in [-0.2, -0.15) is 18.4 Å². The second kappa shape index (κ2) is 15.7.